The van der Waals surface area contributed by atoms with Crippen LogP contribution in [0.5, 0.6) is 11.5 Å². The van der Waals surface area contributed by atoms with E-state index in [-0.39, 0.29) is 35.7 Å². The fourth-order valence-electron chi connectivity index (χ4n) is 9.75. The van der Waals surface area contributed by atoms with Crippen LogP contribution < -0.4 is 20.1 Å². The topological polar surface area (TPSA) is 209 Å². The second-order valence-corrected chi connectivity index (χ2v) is 18.1. The Morgan fingerprint density at radius 3 is 1.76 bits per heavy atom. The SMILES string of the molecule is COC(=O)NC(C(=O)N1CCC[C@H]1c1ncc(-c2ccc3[nH]c4c(c3c2)C(c2ccc(OC)cc2)Oc2cc(-c3cnc([C@@H]5CCCN5C(=O)[C@@H](NC(=O)OC)C(C)C)[nH]3)ccc2-4)[nH]1)C(C)C. The maximum Gasteiger partial charge on any atom is 0.407 e. The van der Waals surface area contributed by atoms with Crippen LogP contribution in [-0.4, -0.2) is 105 Å². The number of fused-ring (bicyclic) bond motifs is 5. The monoisotopic (exact) mass is 911 g/mol. The number of benzene rings is 3. The number of carbonyl (C=O) groups is 4. The van der Waals surface area contributed by atoms with Crippen LogP contribution in [-0.2, 0) is 19.1 Å². The first-order valence-electron chi connectivity index (χ1n) is 22.9. The number of H-pyrrole nitrogens is 3. The zero-order valence-electron chi connectivity index (χ0n) is 38.8. The van der Waals surface area contributed by atoms with Gasteiger partial charge < -0.3 is 54.3 Å². The first-order chi connectivity index (χ1) is 32.4. The molecule has 17 nitrogen and oxygen atoms in total. The molecule has 2 fully saturated rings. The number of aromatic amines is 3. The zero-order valence-corrected chi connectivity index (χ0v) is 38.8. The summed E-state index contributed by atoms with van der Waals surface area (Å²) in [6.07, 6.45) is 4.94. The second-order valence-electron chi connectivity index (χ2n) is 18.1. The fourth-order valence-corrected chi connectivity index (χ4v) is 9.75. The molecule has 6 aromatic rings. The molecule has 6 heterocycles. The maximum absolute atomic E-state index is 13.8. The maximum atomic E-state index is 13.8. The molecule has 5 N–H and O–H groups in total. The highest BCUT2D eigenvalue weighted by Gasteiger charge is 2.40. The minimum atomic E-state index is -0.729. The lowest BCUT2D eigenvalue weighted by Crippen LogP contribution is -2.51. The van der Waals surface area contributed by atoms with E-state index in [1.54, 1.807) is 18.2 Å². The number of hydrogen-bond acceptors (Lipinski definition) is 10. The highest BCUT2D eigenvalue weighted by Crippen LogP contribution is 2.49. The summed E-state index contributed by atoms with van der Waals surface area (Å²) in [6, 6.07) is 18.3. The van der Waals surface area contributed by atoms with Crippen LogP contribution in [0, 0.1) is 11.8 Å². The van der Waals surface area contributed by atoms with E-state index >= 15 is 0 Å². The summed E-state index contributed by atoms with van der Waals surface area (Å²) in [4.78, 5) is 75.8. The fraction of sp³-hybridized carbons (Fsp3) is 0.400. The third kappa shape index (κ3) is 8.53. The average molecular weight is 912 g/mol. The molecule has 2 unspecified atom stereocenters. The lowest BCUT2D eigenvalue weighted by Gasteiger charge is -2.30. The molecule has 67 heavy (non-hydrogen) atoms. The highest BCUT2D eigenvalue weighted by atomic mass is 16.5. The van der Waals surface area contributed by atoms with Crippen molar-refractivity contribution in [2.24, 2.45) is 11.8 Å². The largest absolute Gasteiger partial charge is 0.497 e. The zero-order chi connectivity index (χ0) is 47.1. The van der Waals surface area contributed by atoms with Crippen LogP contribution in [0.1, 0.15) is 94.3 Å². The molecule has 2 saturated heterocycles. The Balaban J connectivity index is 1.02. The molecule has 5 atom stereocenters. The predicted octanol–water partition coefficient (Wildman–Crippen LogP) is 8.19. The van der Waals surface area contributed by atoms with E-state index in [0.717, 1.165) is 87.2 Å². The van der Waals surface area contributed by atoms with Gasteiger partial charge in [0.25, 0.3) is 0 Å². The van der Waals surface area contributed by atoms with Crippen LogP contribution in [0.2, 0.25) is 0 Å². The van der Waals surface area contributed by atoms with Crippen molar-refractivity contribution < 1.29 is 38.1 Å². The van der Waals surface area contributed by atoms with Crippen LogP contribution in [0.3, 0.4) is 0 Å². The Hall–Kier alpha value is -7.30. The molecule has 9 rings (SSSR count). The normalized spacial score (nSPS) is 18.6. The summed E-state index contributed by atoms with van der Waals surface area (Å²) in [6.45, 7) is 8.71. The Bertz CT molecular complexity index is 2810. The van der Waals surface area contributed by atoms with Crippen LogP contribution in [0.25, 0.3) is 44.7 Å². The molecule has 3 aliphatic rings. The lowest BCUT2D eigenvalue weighted by molar-refractivity contribution is -0.136. The van der Waals surface area contributed by atoms with Crippen LogP contribution in [0.15, 0.2) is 73.1 Å². The number of rotatable bonds is 12. The number of likely N-dealkylation sites (tertiary alicyclic amines) is 2. The Labute approximate surface area is 388 Å². The molecular formula is C50H57N9O8. The quantitative estimate of drug-likeness (QED) is 0.0795. The van der Waals surface area contributed by atoms with Crippen molar-refractivity contribution in [3.8, 4) is 45.3 Å². The number of ether oxygens (including phenoxy) is 4. The average Bonchev–Trinajstić information content (AvgIpc) is 4.20. The molecule has 0 saturated carbocycles. The summed E-state index contributed by atoms with van der Waals surface area (Å²) in [5.41, 5.74) is 8.09. The lowest BCUT2D eigenvalue weighted by atomic mass is 9.91. The van der Waals surface area contributed by atoms with Crippen molar-refractivity contribution in [2.45, 2.75) is 83.6 Å². The third-order valence-corrected chi connectivity index (χ3v) is 13.3. The van der Waals surface area contributed by atoms with Gasteiger partial charge in [0.2, 0.25) is 11.8 Å². The van der Waals surface area contributed by atoms with Crippen molar-refractivity contribution in [1.82, 2.24) is 45.4 Å². The highest BCUT2D eigenvalue weighted by molar-refractivity contribution is 5.96. The van der Waals surface area contributed by atoms with E-state index in [0.29, 0.717) is 30.5 Å². The van der Waals surface area contributed by atoms with Gasteiger partial charge in [-0.05, 0) is 79.5 Å². The Kier molecular flexibility index (Phi) is 12.4. The van der Waals surface area contributed by atoms with Gasteiger partial charge in [-0.3, -0.25) is 9.59 Å². The van der Waals surface area contributed by atoms with Crippen molar-refractivity contribution in [3.05, 3.63) is 95.8 Å². The van der Waals surface area contributed by atoms with E-state index in [4.69, 9.17) is 28.9 Å². The number of methoxy groups -OCH3 is 3. The van der Waals surface area contributed by atoms with Gasteiger partial charge >= 0.3 is 12.2 Å². The van der Waals surface area contributed by atoms with Gasteiger partial charge in [-0.25, -0.2) is 19.6 Å². The summed E-state index contributed by atoms with van der Waals surface area (Å²) in [5, 5.41) is 6.42. The molecule has 0 aliphatic carbocycles. The van der Waals surface area contributed by atoms with Gasteiger partial charge in [-0.15, -0.1) is 0 Å². The van der Waals surface area contributed by atoms with Crippen LogP contribution in [0.4, 0.5) is 9.59 Å². The number of hydrogen-bond donors (Lipinski definition) is 5. The molecule has 3 aromatic heterocycles. The first kappa shape index (κ1) is 44.9. The predicted molar refractivity (Wildman–Crippen MR) is 250 cm³/mol. The minimum Gasteiger partial charge on any atom is -0.497 e. The van der Waals surface area contributed by atoms with E-state index in [9.17, 15) is 19.2 Å². The summed E-state index contributed by atoms with van der Waals surface area (Å²) in [7, 11) is 4.22. The Morgan fingerprint density at radius 1 is 0.701 bits per heavy atom. The van der Waals surface area contributed by atoms with Gasteiger partial charge in [0.05, 0.1) is 62.9 Å². The van der Waals surface area contributed by atoms with E-state index in [1.165, 1.54) is 14.2 Å². The number of amides is 4. The minimum absolute atomic E-state index is 0.139. The number of alkyl carbamates (subject to hydrolysis) is 2. The molecule has 3 aliphatic heterocycles. The molecule has 4 amide bonds. The number of imidazole rings is 2. The molecule has 0 bridgehead atoms. The van der Waals surface area contributed by atoms with E-state index in [1.807, 2.05) is 75.2 Å². The van der Waals surface area contributed by atoms with Gasteiger partial charge in [0.1, 0.15) is 35.2 Å². The standard InChI is InChI=1S/C50H57N9O8/c1-26(2)41(56-49(62)65-6)47(60)58-20-8-10-37(58)45-51-24-35(54-45)29-15-19-34-33(22-29)40-43(53-34)32-18-14-30(23-39(32)67-44(40)28-12-16-31(64-5)17-13-28)36-25-52-46(55-36)38-11-9-21-59(38)48(61)42(27(3)4)57-50(63)66-7/h12-19,22-27,37-38,41-42,44,53H,8-11,20-21H2,1-7H3,(H,51,54)(H,52,55)(H,56,62)(H,57,63)/t37-,38-,41?,42-,44?/m0/s1. The van der Waals surface area contributed by atoms with Crippen LogP contribution >= 0.6 is 0 Å². The summed E-state index contributed by atoms with van der Waals surface area (Å²) >= 11 is 0. The number of carbonyl (C=O) groups excluding carboxylic acids is 4. The third-order valence-electron chi connectivity index (χ3n) is 13.3. The van der Waals surface area contributed by atoms with Gasteiger partial charge in [0, 0.05) is 46.2 Å². The second kappa shape index (κ2) is 18.5. The van der Waals surface area contributed by atoms with E-state index in [2.05, 4.69) is 49.9 Å². The molecule has 17 heteroatoms. The molecule has 3 aromatic carbocycles. The van der Waals surface area contributed by atoms with Gasteiger partial charge in [0.15, 0.2) is 6.10 Å². The smallest absolute Gasteiger partial charge is 0.407 e. The van der Waals surface area contributed by atoms with E-state index < -0.39 is 30.4 Å². The molecule has 0 spiro atoms. The van der Waals surface area contributed by atoms with Gasteiger partial charge in [-0.2, -0.15) is 0 Å². The summed E-state index contributed by atoms with van der Waals surface area (Å²) < 4.78 is 22.2. The molecular weight excluding hydrogens is 855 g/mol. The number of nitrogens with zero attached hydrogens (tertiary/aromatic N) is 4. The molecule has 350 valence electrons. The van der Waals surface area contributed by atoms with Crippen molar-refractivity contribution in [3.63, 3.8) is 0 Å². The van der Waals surface area contributed by atoms with Gasteiger partial charge in [-0.1, -0.05) is 52.0 Å². The number of nitrogens with one attached hydrogen (secondary N) is 5. The first-order valence-corrected chi connectivity index (χ1v) is 22.9. The van der Waals surface area contributed by atoms with Crippen molar-refractivity contribution in [2.75, 3.05) is 34.4 Å². The van der Waals surface area contributed by atoms with Crippen molar-refractivity contribution >= 4 is 34.9 Å². The van der Waals surface area contributed by atoms with Crippen molar-refractivity contribution in [1.29, 1.82) is 0 Å². The number of aromatic nitrogens is 5. The summed E-state index contributed by atoms with van der Waals surface area (Å²) in [5.74, 6) is 2.18. The molecule has 0 radical (unpaired) electrons. The Morgan fingerprint density at radius 2 is 1.24 bits per heavy atom.